The van der Waals surface area contributed by atoms with Crippen LogP contribution in [-0.2, 0) is 0 Å². The van der Waals surface area contributed by atoms with E-state index in [2.05, 4.69) is 152 Å². The normalized spacial score (nSPS) is 11.4. The van der Waals surface area contributed by atoms with Crippen molar-refractivity contribution in [1.29, 1.82) is 0 Å². The topological polar surface area (TPSA) is 38.7 Å². The van der Waals surface area contributed by atoms with E-state index in [9.17, 15) is 0 Å². The fraction of sp³-hybridized carbons (Fsp3) is 0. The molecule has 0 aliphatic carbocycles. The molecule has 10 aromatic carbocycles. The predicted molar refractivity (Wildman–Crippen MR) is 242 cm³/mol. The molecule has 0 N–H and O–H groups in total. The molecular weight excluding hydrogens is 703 g/mol. The Kier molecular flexibility index (Phi) is 8.15. The van der Waals surface area contributed by atoms with Gasteiger partial charge in [-0.3, -0.25) is 0 Å². The Balaban J connectivity index is 1.11. The maximum absolute atomic E-state index is 4.98. The molecule has 3 heteroatoms. The quantitative estimate of drug-likeness (QED) is 0.160. The van der Waals surface area contributed by atoms with Crippen molar-refractivity contribution in [3.63, 3.8) is 0 Å². The fourth-order valence-corrected chi connectivity index (χ4v) is 8.50. The lowest BCUT2D eigenvalue weighted by molar-refractivity contribution is 1.07. The third kappa shape index (κ3) is 5.89. The number of aromatic nitrogens is 3. The van der Waals surface area contributed by atoms with Gasteiger partial charge in [0.2, 0.25) is 0 Å². The second-order valence-electron chi connectivity index (χ2n) is 14.8. The zero-order chi connectivity index (χ0) is 38.4. The molecule has 11 aromatic rings. The largest absolute Gasteiger partial charge is 0.208 e. The average Bonchev–Trinajstić information content (AvgIpc) is 3.31. The Bertz CT molecular complexity index is 3260. The summed E-state index contributed by atoms with van der Waals surface area (Å²) < 4.78 is 0. The van der Waals surface area contributed by atoms with Crippen molar-refractivity contribution in [2.75, 3.05) is 0 Å². The predicted octanol–water partition coefficient (Wildman–Crippen LogP) is 14.5. The van der Waals surface area contributed by atoms with Crippen molar-refractivity contribution < 1.29 is 0 Å². The molecule has 58 heavy (non-hydrogen) atoms. The maximum Gasteiger partial charge on any atom is 0.164 e. The van der Waals surface area contributed by atoms with Gasteiger partial charge in [-0.15, -0.1) is 0 Å². The van der Waals surface area contributed by atoms with Crippen molar-refractivity contribution in [2.24, 2.45) is 0 Å². The molecule has 0 amide bonds. The zero-order valence-corrected chi connectivity index (χ0v) is 31.5. The van der Waals surface area contributed by atoms with Gasteiger partial charge in [0.25, 0.3) is 0 Å². The third-order valence-corrected chi connectivity index (χ3v) is 11.3. The number of rotatable bonds is 6. The van der Waals surface area contributed by atoms with Crippen molar-refractivity contribution in [3.8, 4) is 67.5 Å². The smallest absolute Gasteiger partial charge is 0.164 e. The summed E-state index contributed by atoms with van der Waals surface area (Å²) in [7, 11) is 0. The van der Waals surface area contributed by atoms with Gasteiger partial charge in [-0.1, -0.05) is 200 Å². The molecule has 0 spiro atoms. The molecule has 0 unspecified atom stereocenters. The molecule has 3 nitrogen and oxygen atoms in total. The summed E-state index contributed by atoms with van der Waals surface area (Å²) in [5.74, 6) is 1.94. The number of hydrogen-bond donors (Lipinski definition) is 0. The molecule has 0 fully saturated rings. The van der Waals surface area contributed by atoms with Gasteiger partial charge < -0.3 is 0 Å². The van der Waals surface area contributed by atoms with Crippen molar-refractivity contribution >= 4 is 43.1 Å². The Morgan fingerprint density at radius 2 is 0.690 bits per heavy atom. The van der Waals surface area contributed by atoms with E-state index < -0.39 is 0 Å². The number of nitrogens with zero attached hydrogens (tertiary/aromatic N) is 3. The van der Waals surface area contributed by atoms with Gasteiger partial charge in [-0.25, -0.2) is 15.0 Å². The molecule has 270 valence electrons. The highest BCUT2D eigenvalue weighted by Gasteiger charge is 2.19. The molecule has 1 aromatic heterocycles. The van der Waals surface area contributed by atoms with Crippen LogP contribution in [0.15, 0.2) is 212 Å². The highest BCUT2D eigenvalue weighted by Crippen LogP contribution is 2.46. The molecule has 0 atom stereocenters. The van der Waals surface area contributed by atoms with E-state index in [1.54, 1.807) is 0 Å². The van der Waals surface area contributed by atoms with Crippen LogP contribution in [0.5, 0.6) is 0 Å². The van der Waals surface area contributed by atoms with Crippen LogP contribution >= 0.6 is 0 Å². The summed E-state index contributed by atoms with van der Waals surface area (Å²) in [4.78, 5) is 14.8. The van der Waals surface area contributed by atoms with Gasteiger partial charge in [0.1, 0.15) is 0 Å². The van der Waals surface area contributed by atoms with E-state index in [1.807, 2.05) is 60.7 Å². The molecule has 0 bridgehead atoms. The van der Waals surface area contributed by atoms with Crippen LogP contribution in [0, 0.1) is 0 Å². The van der Waals surface area contributed by atoms with Gasteiger partial charge >= 0.3 is 0 Å². The van der Waals surface area contributed by atoms with Gasteiger partial charge in [-0.2, -0.15) is 0 Å². The molecule has 0 saturated heterocycles. The monoisotopic (exact) mass is 737 g/mol. The maximum atomic E-state index is 4.98. The van der Waals surface area contributed by atoms with E-state index in [0.29, 0.717) is 17.5 Å². The molecule has 0 saturated carbocycles. The number of benzene rings is 10. The summed E-state index contributed by atoms with van der Waals surface area (Å²) in [6.07, 6.45) is 0. The lowest BCUT2D eigenvalue weighted by Crippen LogP contribution is -2.00. The lowest BCUT2D eigenvalue weighted by atomic mass is 9.83. The fourth-order valence-electron chi connectivity index (χ4n) is 8.50. The first kappa shape index (κ1) is 33.6. The second kappa shape index (κ2) is 14.1. The average molecular weight is 738 g/mol. The Morgan fingerprint density at radius 1 is 0.224 bits per heavy atom. The molecule has 0 aliphatic rings. The minimum absolute atomic E-state index is 0.641. The molecule has 0 radical (unpaired) electrons. The van der Waals surface area contributed by atoms with Crippen molar-refractivity contribution in [3.05, 3.63) is 212 Å². The summed E-state index contributed by atoms with van der Waals surface area (Å²) >= 11 is 0. The highest BCUT2D eigenvalue weighted by atomic mass is 15.0. The minimum Gasteiger partial charge on any atom is -0.208 e. The first-order valence-electron chi connectivity index (χ1n) is 19.7. The lowest BCUT2D eigenvalue weighted by Gasteiger charge is -2.20. The molecule has 0 aliphatic heterocycles. The van der Waals surface area contributed by atoms with Crippen LogP contribution in [0.25, 0.3) is 111 Å². The van der Waals surface area contributed by atoms with Gasteiger partial charge in [0, 0.05) is 16.7 Å². The first-order valence-corrected chi connectivity index (χ1v) is 19.7. The van der Waals surface area contributed by atoms with Crippen molar-refractivity contribution in [1.82, 2.24) is 15.0 Å². The Labute approximate surface area is 336 Å². The van der Waals surface area contributed by atoms with E-state index >= 15 is 0 Å². The van der Waals surface area contributed by atoms with E-state index in [-0.39, 0.29) is 0 Å². The van der Waals surface area contributed by atoms with Crippen LogP contribution < -0.4 is 0 Å². The highest BCUT2D eigenvalue weighted by molar-refractivity contribution is 6.24. The summed E-state index contributed by atoms with van der Waals surface area (Å²) in [6, 6.07) is 75.6. The van der Waals surface area contributed by atoms with E-state index in [4.69, 9.17) is 15.0 Å². The van der Waals surface area contributed by atoms with Crippen LogP contribution in [-0.4, -0.2) is 15.0 Å². The van der Waals surface area contributed by atoms with Gasteiger partial charge in [0.05, 0.1) is 0 Å². The second-order valence-corrected chi connectivity index (χ2v) is 14.8. The standard InChI is InChI=1S/C55H35N3/c1-3-16-39(17-4-1)53-56-54(40-18-5-2-6-19-40)58-55(57-53)41-29-26-37(27-30-41)43-32-33-49-50(35-43)52(46-25-13-21-38-15-9-10-22-45(38)46)48-24-12-11-23-47(48)51(49)44-31-28-36-14-7-8-20-42(36)34-44/h1-35H. The SMILES string of the molecule is c1ccc(-c2nc(-c3ccccc3)nc(-c3ccc(-c4ccc5c(-c6ccc7ccccc7c6)c6ccccc6c(-c6cccc7ccccc67)c5c4)cc3)n2)cc1. The number of fused-ring (bicyclic) bond motifs is 4. The minimum atomic E-state index is 0.641. The van der Waals surface area contributed by atoms with Crippen molar-refractivity contribution in [2.45, 2.75) is 0 Å². The van der Waals surface area contributed by atoms with Crippen LogP contribution in [0.4, 0.5) is 0 Å². The zero-order valence-electron chi connectivity index (χ0n) is 31.5. The molecule has 1 heterocycles. The van der Waals surface area contributed by atoms with Crippen LogP contribution in [0.1, 0.15) is 0 Å². The van der Waals surface area contributed by atoms with E-state index in [1.165, 1.54) is 65.3 Å². The Morgan fingerprint density at radius 3 is 1.36 bits per heavy atom. The van der Waals surface area contributed by atoms with Gasteiger partial charge in [-0.05, 0) is 88.6 Å². The van der Waals surface area contributed by atoms with Gasteiger partial charge in [0.15, 0.2) is 17.5 Å². The molecular formula is C55H35N3. The first-order chi connectivity index (χ1) is 28.7. The summed E-state index contributed by atoms with van der Waals surface area (Å²) in [6.45, 7) is 0. The molecule has 11 rings (SSSR count). The third-order valence-electron chi connectivity index (χ3n) is 11.3. The summed E-state index contributed by atoms with van der Waals surface area (Å²) in [5, 5.41) is 9.87. The van der Waals surface area contributed by atoms with E-state index in [0.717, 1.165) is 27.8 Å². The summed E-state index contributed by atoms with van der Waals surface area (Å²) in [5.41, 5.74) is 10.0. The van der Waals surface area contributed by atoms with Crippen LogP contribution in [0.3, 0.4) is 0 Å². The number of hydrogen-bond acceptors (Lipinski definition) is 3. The van der Waals surface area contributed by atoms with Crippen LogP contribution in [0.2, 0.25) is 0 Å². The Hall–Kier alpha value is -7.75.